The first kappa shape index (κ1) is 12.8. The van der Waals surface area contributed by atoms with Crippen LogP contribution in [0.1, 0.15) is 20.3 Å². The van der Waals surface area contributed by atoms with Crippen molar-refractivity contribution in [3.8, 4) is 0 Å². The van der Waals surface area contributed by atoms with Gasteiger partial charge in [0.05, 0.1) is 0 Å². The molecule has 0 aromatic heterocycles. The molecule has 0 radical (unpaired) electrons. The van der Waals surface area contributed by atoms with Gasteiger partial charge in [-0.15, -0.1) is 0 Å². The van der Waals surface area contributed by atoms with Gasteiger partial charge < -0.3 is 15.3 Å². The van der Waals surface area contributed by atoms with Gasteiger partial charge in [0.15, 0.2) is 0 Å². The van der Waals surface area contributed by atoms with E-state index in [0.717, 1.165) is 6.29 Å². The largest absolute Gasteiger partial charge is 0.460 e. The molecule has 0 aliphatic rings. The molecule has 0 amide bonds. The molecule has 4 nitrogen and oxygen atoms in total. The van der Waals surface area contributed by atoms with Crippen molar-refractivity contribution in [2.45, 2.75) is 26.3 Å². The van der Waals surface area contributed by atoms with Gasteiger partial charge in [-0.05, 0) is 5.92 Å². The number of hydrogen-bond donors (Lipinski definition) is 1. The number of aldehydes is 1. The zero-order valence-electron chi connectivity index (χ0n) is 8.60. The number of allylic oxidation sites excluding steroid dienone is 1. The molecule has 0 aromatic carbocycles. The molecule has 0 rings (SSSR count). The Kier molecular flexibility index (Phi) is 6.66. The van der Waals surface area contributed by atoms with Gasteiger partial charge in [-0.25, -0.2) is 0 Å². The fourth-order valence-corrected chi connectivity index (χ4v) is 0.718. The second kappa shape index (κ2) is 7.26. The highest BCUT2D eigenvalue weighted by Crippen LogP contribution is 2.00. The van der Waals surface area contributed by atoms with Crippen LogP contribution in [0.25, 0.3) is 0 Å². The van der Waals surface area contributed by atoms with Gasteiger partial charge in [0, 0.05) is 6.42 Å². The standard InChI is InChI=1S/C10H17NO3/c1-8(2)9(11)10(13)14-7-5-3-4-6-12/h3,5-6,8-9H,4,7,11H2,1-2H3/b5-3-/t9-/m0/s1. The van der Waals surface area contributed by atoms with Crippen LogP contribution in [0.4, 0.5) is 0 Å². The van der Waals surface area contributed by atoms with Crippen molar-refractivity contribution in [3.05, 3.63) is 12.2 Å². The number of rotatable bonds is 6. The summed E-state index contributed by atoms with van der Waals surface area (Å²) in [5.41, 5.74) is 5.55. The van der Waals surface area contributed by atoms with E-state index in [9.17, 15) is 9.59 Å². The van der Waals surface area contributed by atoms with Crippen molar-refractivity contribution in [1.82, 2.24) is 0 Å². The second-order valence-corrected chi connectivity index (χ2v) is 3.27. The second-order valence-electron chi connectivity index (χ2n) is 3.27. The first-order chi connectivity index (χ1) is 6.59. The van der Waals surface area contributed by atoms with Crippen LogP contribution in [0.5, 0.6) is 0 Å². The molecular formula is C10H17NO3. The molecule has 0 aromatic rings. The van der Waals surface area contributed by atoms with Crippen molar-refractivity contribution < 1.29 is 14.3 Å². The minimum absolute atomic E-state index is 0.0708. The van der Waals surface area contributed by atoms with Gasteiger partial charge in [-0.1, -0.05) is 26.0 Å². The Balaban J connectivity index is 3.68. The van der Waals surface area contributed by atoms with E-state index < -0.39 is 12.0 Å². The third-order valence-corrected chi connectivity index (χ3v) is 1.71. The summed E-state index contributed by atoms with van der Waals surface area (Å²) in [5, 5.41) is 0. The van der Waals surface area contributed by atoms with Gasteiger partial charge in [-0.2, -0.15) is 0 Å². The molecular weight excluding hydrogens is 182 g/mol. The summed E-state index contributed by atoms with van der Waals surface area (Å²) in [6.45, 7) is 3.88. The van der Waals surface area contributed by atoms with Crippen molar-refractivity contribution in [3.63, 3.8) is 0 Å². The molecule has 80 valence electrons. The molecule has 0 aliphatic heterocycles. The Labute approximate surface area is 84.1 Å². The van der Waals surface area contributed by atoms with E-state index in [2.05, 4.69) is 0 Å². The molecule has 4 heteroatoms. The molecule has 1 atom stereocenters. The maximum atomic E-state index is 11.2. The lowest BCUT2D eigenvalue weighted by Crippen LogP contribution is -2.37. The Bertz CT molecular complexity index is 211. The summed E-state index contributed by atoms with van der Waals surface area (Å²) in [5.74, 6) is -0.336. The van der Waals surface area contributed by atoms with Crippen molar-refractivity contribution in [2.75, 3.05) is 6.61 Å². The molecule has 0 unspecified atom stereocenters. The summed E-state index contributed by atoms with van der Waals surface area (Å²) in [6.07, 6.45) is 4.38. The van der Waals surface area contributed by atoms with Gasteiger partial charge in [0.2, 0.25) is 0 Å². The highest BCUT2D eigenvalue weighted by atomic mass is 16.5. The molecule has 0 saturated carbocycles. The smallest absolute Gasteiger partial charge is 0.323 e. The molecule has 0 spiro atoms. The van der Waals surface area contributed by atoms with Gasteiger partial charge >= 0.3 is 5.97 Å². The number of nitrogens with two attached hydrogens (primary N) is 1. The Morgan fingerprint density at radius 3 is 2.57 bits per heavy atom. The average molecular weight is 199 g/mol. The third-order valence-electron chi connectivity index (χ3n) is 1.71. The molecule has 2 N–H and O–H groups in total. The Hall–Kier alpha value is -1.16. The summed E-state index contributed by atoms with van der Waals surface area (Å²) < 4.78 is 4.85. The highest BCUT2D eigenvalue weighted by Gasteiger charge is 2.17. The lowest BCUT2D eigenvalue weighted by Gasteiger charge is -2.13. The molecule has 0 fully saturated rings. The number of ether oxygens (including phenoxy) is 1. The highest BCUT2D eigenvalue weighted by molar-refractivity contribution is 5.75. The molecule has 0 bridgehead atoms. The topological polar surface area (TPSA) is 69.4 Å². The summed E-state index contributed by atoms with van der Waals surface area (Å²) >= 11 is 0. The summed E-state index contributed by atoms with van der Waals surface area (Å²) in [4.78, 5) is 21.1. The van der Waals surface area contributed by atoms with Crippen LogP contribution in [0.3, 0.4) is 0 Å². The lowest BCUT2D eigenvalue weighted by atomic mass is 10.1. The molecule has 0 aliphatic carbocycles. The number of hydrogen-bond acceptors (Lipinski definition) is 4. The maximum Gasteiger partial charge on any atom is 0.323 e. The van der Waals surface area contributed by atoms with E-state index in [1.54, 1.807) is 12.2 Å². The lowest BCUT2D eigenvalue weighted by molar-refractivity contribution is -0.145. The van der Waals surface area contributed by atoms with Gasteiger partial charge in [0.25, 0.3) is 0 Å². The predicted octanol–water partition coefficient (Wildman–Crippen LogP) is 0.658. The normalized spacial score (nSPS) is 13.1. The van der Waals surface area contributed by atoms with E-state index in [1.807, 2.05) is 13.8 Å². The quantitative estimate of drug-likeness (QED) is 0.387. The fourth-order valence-electron chi connectivity index (χ4n) is 0.718. The van der Waals surface area contributed by atoms with Crippen molar-refractivity contribution in [1.29, 1.82) is 0 Å². The van der Waals surface area contributed by atoms with Crippen LogP contribution < -0.4 is 5.73 Å². The minimum atomic E-state index is -0.575. The number of carbonyl (C=O) groups is 2. The minimum Gasteiger partial charge on any atom is -0.460 e. The first-order valence-electron chi connectivity index (χ1n) is 4.60. The van der Waals surface area contributed by atoms with E-state index in [1.165, 1.54) is 0 Å². The van der Waals surface area contributed by atoms with Crippen molar-refractivity contribution in [2.24, 2.45) is 11.7 Å². The summed E-state index contributed by atoms with van der Waals surface area (Å²) in [6, 6.07) is -0.575. The maximum absolute atomic E-state index is 11.2. The zero-order chi connectivity index (χ0) is 11.0. The monoisotopic (exact) mass is 199 g/mol. The Morgan fingerprint density at radius 1 is 1.43 bits per heavy atom. The fraction of sp³-hybridized carbons (Fsp3) is 0.600. The third kappa shape index (κ3) is 5.48. The van der Waals surface area contributed by atoms with E-state index in [-0.39, 0.29) is 12.5 Å². The number of esters is 1. The van der Waals surface area contributed by atoms with Crippen LogP contribution in [-0.4, -0.2) is 24.9 Å². The molecule has 14 heavy (non-hydrogen) atoms. The van der Waals surface area contributed by atoms with E-state index >= 15 is 0 Å². The zero-order valence-corrected chi connectivity index (χ0v) is 8.60. The molecule has 0 saturated heterocycles. The predicted molar refractivity (Wildman–Crippen MR) is 53.6 cm³/mol. The van der Waals surface area contributed by atoms with E-state index in [0.29, 0.717) is 6.42 Å². The van der Waals surface area contributed by atoms with Crippen LogP contribution in [0, 0.1) is 5.92 Å². The van der Waals surface area contributed by atoms with Crippen molar-refractivity contribution >= 4 is 12.3 Å². The van der Waals surface area contributed by atoms with Crippen LogP contribution in [-0.2, 0) is 14.3 Å². The van der Waals surface area contributed by atoms with Gasteiger partial charge in [0.1, 0.15) is 18.9 Å². The van der Waals surface area contributed by atoms with Gasteiger partial charge in [-0.3, -0.25) is 4.79 Å². The van der Waals surface area contributed by atoms with Crippen LogP contribution >= 0.6 is 0 Å². The Morgan fingerprint density at radius 2 is 2.07 bits per heavy atom. The number of carbonyl (C=O) groups excluding carboxylic acids is 2. The van der Waals surface area contributed by atoms with E-state index in [4.69, 9.17) is 10.5 Å². The first-order valence-corrected chi connectivity index (χ1v) is 4.60. The average Bonchev–Trinajstić information content (AvgIpc) is 2.16. The SMILES string of the molecule is CC(C)[C@H](N)C(=O)OC/C=C\CC=O. The molecule has 0 heterocycles. The van der Waals surface area contributed by atoms with Crippen LogP contribution in [0.2, 0.25) is 0 Å². The summed E-state index contributed by atoms with van der Waals surface area (Å²) in [7, 11) is 0. The van der Waals surface area contributed by atoms with Crippen LogP contribution in [0.15, 0.2) is 12.2 Å².